The largest absolute Gasteiger partial charge is 0.456 e. The molecule has 2 rings (SSSR count). The van der Waals surface area contributed by atoms with Crippen molar-refractivity contribution in [2.24, 2.45) is 0 Å². The Balaban J connectivity index is 1.73. The summed E-state index contributed by atoms with van der Waals surface area (Å²) in [6.45, 7) is -0.738. The Hall–Kier alpha value is -3.27. The van der Waals surface area contributed by atoms with Crippen LogP contribution in [0.1, 0.15) is 6.42 Å². The molecule has 2 N–H and O–H groups in total. The summed E-state index contributed by atoms with van der Waals surface area (Å²) in [6, 6.07) is 11.8. The SMILES string of the molecule is O=C(COC(=O)CCS(=O)(=O)c1ccc(F)cc1)NC(=O)Nc1ccccc1. The Morgan fingerprint density at radius 3 is 2.25 bits per heavy atom. The van der Waals surface area contributed by atoms with E-state index in [1.54, 1.807) is 30.3 Å². The number of sulfone groups is 1. The van der Waals surface area contributed by atoms with Gasteiger partial charge >= 0.3 is 12.0 Å². The number of benzene rings is 2. The predicted octanol–water partition coefficient (Wildman–Crippen LogP) is 1.88. The van der Waals surface area contributed by atoms with Gasteiger partial charge in [-0.25, -0.2) is 17.6 Å². The number of rotatable bonds is 7. The summed E-state index contributed by atoms with van der Waals surface area (Å²) in [6.07, 6.45) is -0.497. The molecule has 0 atom stereocenters. The monoisotopic (exact) mass is 408 g/mol. The lowest BCUT2D eigenvalue weighted by atomic mass is 10.3. The second-order valence-corrected chi connectivity index (χ2v) is 7.66. The number of para-hydroxylation sites is 1. The van der Waals surface area contributed by atoms with Crippen LogP contribution in [0.15, 0.2) is 59.5 Å². The molecule has 0 saturated carbocycles. The van der Waals surface area contributed by atoms with Gasteiger partial charge in [0.25, 0.3) is 5.91 Å². The molecule has 10 heteroatoms. The van der Waals surface area contributed by atoms with E-state index in [0.717, 1.165) is 24.3 Å². The van der Waals surface area contributed by atoms with Crippen LogP contribution in [0.2, 0.25) is 0 Å². The van der Waals surface area contributed by atoms with Crippen LogP contribution in [0.25, 0.3) is 0 Å². The highest BCUT2D eigenvalue weighted by molar-refractivity contribution is 7.91. The first-order chi connectivity index (χ1) is 13.3. The molecule has 3 amide bonds. The number of halogens is 1. The summed E-state index contributed by atoms with van der Waals surface area (Å²) >= 11 is 0. The minimum atomic E-state index is -3.80. The van der Waals surface area contributed by atoms with Crippen LogP contribution in [-0.2, 0) is 24.2 Å². The van der Waals surface area contributed by atoms with Crippen LogP contribution in [0.5, 0.6) is 0 Å². The van der Waals surface area contributed by atoms with Crippen molar-refractivity contribution in [3.63, 3.8) is 0 Å². The van der Waals surface area contributed by atoms with Gasteiger partial charge in [-0.15, -0.1) is 0 Å². The van der Waals surface area contributed by atoms with Crippen molar-refractivity contribution < 1.29 is 31.9 Å². The fourth-order valence-corrected chi connectivity index (χ4v) is 3.26. The molecule has 0 bridgehead atoms. The zero-order valence-electron chi connectivity index (χ0n) is 14.6. The summed E-state index contributed by atoms with van der Waals surface area (Å²) in [4.78, 5) is 34.7. The average Bonchev–Trinajstić information content (AvgIpc) is 2.66. The molecule has 148 valence electrons. The highest BCUT2D eigenvalue weighted by Crippen LogP contribution is 2.13. The standard InChI is InChI=1S/C18H17FN2O6S/c19-13-6-8-15(9-7-13)28(25,26)11-10-17(23)27-12-16(22)21-18(24)20-14-4-2-1-3-5-14/h1-9H,10-12H2,(H2,20,21,22,24). The molecule has 2 aromatic rings. The minimum absolute atomic E-state index is 0.128. The van der Waals surface area contributed by atoms with E-state index in [-0.39, 0.29) is 4.90 Å². The van der Waals surface area contributed by atoms with Crippen LogP contribution in [0.3, 0.4) is 0 Å². The summed E-state index contributed by atoms with van der Waals surface area (Å²) < 4.78 is 41.6. The molecule has 0 aliphatic heterocycles. The number of nitrogens with one attached hydrogen (secondary N) is 2. The molecule has 8 nitrogen and oxygen atoms in total. The summed E-state index contributed by atoms with van der Waals surface area (Å²) in [5.74, 6) is -2.94. The van der Waals surface area contributed by atoms with Gasteiger partial charge in [-0.05, 0) is 36.4 Å². The van der Waals surface area contributed by atoms with Gasteiger partial charge in [-0.1, -0.05) is 18.2 Å². The summed E-state index contributed by atoms with van der Waals surface area (Å²) in [7, 11) is -3.80. The van der Waals surface area contributed by atoms with Gasteiger partial charge in [0.05, 0.1) is 17.1 Å². The molecule has 0 saturated heterocycles. The maximum absolute atomic E-state index is 12.8. The van der Waals surface area contributed by atoms with Gasteiger partial charge in [0.1, 0.15) is 5.82 Å². The molecule has 0 aliphatic carbocycles. The highest BCUT2D eigenvalue weighted by Gasteiger charge is 2.18. The smallest absolute Gasteiger partial charge is 0.325 e. The quantitative estimate of drug-likeness (QED) is 0.533. The Morgan fingerprint density at radius 2 is 1.61 bits per heavy atom. The molecule has 0 aliphatic rings. The van der Waals surface area contributed by atoms with Crippen LogP contribution in [-0.4, -0.2) is 38.7 Å². The number of ether oxygens (including phenoxy) is 1. The molecular formula is C18H17FN2O6S. The first-order valence-corrected chi connectivity index (χ1v) is 9.71. The number of esters is 1. The highest BCUT2D eigenvalue weighted by atomic mass is 32.2. The molecule has 28 heavy (non-hydrogen) atoms. The van der Waals surface area contributed by atoms with Crippen molar-refractivity contribution in [1.82, 2.24) is 5.32 Å². The molecule has 0 spiro atoms. The number of carbonyl (C=O) groups excluding carboxylic acids is 3. The van der Waals surface area contributed by atoms with E-state index in [9.17, 15) is 27.2 Å². The first-order valence-electron chi connectivity index (χ1n) is 8.06. The second kappa shape index (κ2) is 9.60. The topological polar surface area (TPSA) is 119 Å². The number of anilines is 1. The summed E-state index contributed by atoms with van der Waals surface area (Å²) in [5.41, 5.74) is 0.468. The van der Waals surface area contributed by atoms with Crippen molar-refractivity contribution in [1.29, 1.82) is 0 Å². The molecule has 0 radical (unpaired) electrons. The molecular weight excluding hydrogens is 391 g/mol. The normalized spacial score (nSPS) is 10.8. The third kappa shape index (κ3) is 6.80. The number of amides is 3. The lowest BCUT2D eigenvalue weighted by molar-refractivity contribution is -0.147. The lowest BCUT2D eigenvalue weighted by Gasteiger charge is -2.08. The van der Waals surface area contributed by atoms with Gasteiger partial charge in [-0.3, -0.25) is 14.9 Å². The molecule has 2 aromatic carbocycles. The number of carbonyl (C=O) groups is 3. The van der Waals surface area contributed by atoms with E-state index >= 15 is 0 Å². The van der Waals surface area contributed by atoms with E-state index in [1.165, 1.54) is 0 Å². The zero-order chi connectivity index (χ0) is 20.6. The molecule has 0 heterocycles. The predicted molar refractivity (Wildman–Crippen MR) is 97.6 cm³/mol. The Labute approximate surface area is 160 Å². The number of imide groups is 1. The van der Waals surface area contributed by atoms with Crippen LogP contribution < -0.4 is 10.6 Å². The number of hydrogen-bond acceptors (Lipinski definition) is 6. The van der Waals surface area contributed by atoms with Crippen molar-refractivity contribution in [2.75, 3.05) is 17.7 Å². The maximum atomic E-state index is 12.8. The minimum Gasteiger partial charge on any atom is -0.456 e. The first kappa shape index (κ1) is 21.0. The Morgan fingerprint density at radius 1 is 0.964 bits per heavy atom. The lowest BCUT2D eigenvalue weighted by Crippen LogP contribution is -2.37. The molecule has 0 fully saturated rings. The second-order valence-electron chi connectivity index (χ2n) is 5.55. The van der Waals surface area contributed by atoms with E-state index in [2.05, 4.69) is 10.1 Å². The summed E-state index contributed by atoms with van der Waals surface area (Å²) in [5, 5.41) is 4.38. The van der Waals surface area contributed by atoms with Crippen LogP contribution >= 0.6 is 0 Å². The maximum Gasteiger partial charge on any atom is 0.325 e. The van der Waals surface area contributed by atoms with Crippen LogP contribution in [0.4, 0.5) is 14.9 Å². The van der Waals surface area contributed by atoms with Gasteiger partial charge in [-0.2, -0.15) is 0 Å². The molecule has 0 aromatic heterocycles. The third-order valence-corrected chi connectivity index (χ3v) is 5.13. The zero-order valence-corrected chi connectivity index (χ0v) is 15.4. The van der Waals surface area contributed by atoms with E-state index < -0.39 is 52.3 Å². The van der Waals surface area contributed by atoms with Gasteiger partial charge < -0.3 is 10.1 Å². The van der Waals surface area contributed by atoms with Crippen molar-refractivity contribution in [3.05, 3.63) is 60.4 Å². The fourth-order valence-electron chi connectivity index (χ4n) is 2.04. The van der Waals surface area contributed by atoms with E-state index in [0.29, 0.717) is 5.69 Å². The van der Waals surface area contributed by atoms with Gasteiger partial charge in [0.15, 0.2) is 16.4 Å². The van der Waals surface area contributed by atoms with Crippen molar-refractivity contribution >= 4 is 33.4 Å². The number of urea groups is 1. The Kier molecular flexibility index (Phi) is 7.21. The van der Waals surface area contributed by atoms with Crippen LogP contribution in [0, 0.1) is 5.82 Å². The van der Waals surface area contributed by atoms with Crippen molar-refractivity contribution in [2.45, 2.75) is 11.3 Å². The van der Waals surface area contributed by atoms with Gasteiger partial charge in [0, 0.05) is 5.69 Å². The third-order valence-electron chi connectivity index (χ3n) is 3.40. The van der Waals surface area contributed by atoms with E-state index in [4.69, 9.17) is 0 Å². The average molecular weight is 408 g/mol. The fraction of sp³-hybridized carbons (Fsp3) is 0.167. The van der Waals surface area contributed by atoms with E-state index in [1.807, 2.05) is 5.32 Å². The molecule has 0 unspecified atom stereocenters. The number of hydrogen-bond donors (Lipinski definition) is 2. The Bertz CT molecular complexity index is 946. The van der Waals surface area contributed by atoms with Gasteiger partial charge in [0.2, 0.25) is 0 Å². The van der Waals surface area contributed by atoms with Crippen molar-refractivity contribution in [3.8, 4) is 0 Å².